The topological polar surface area (TPSA) is 95.9 Å². The number of esters is 1. The molecule has 0 spiro atoms. The molecule has 1 saturated heterocycles. The molecule has 1 heterocycles. The van der Waals surface area contributed by atoms with Gasteiger partial charge >= 0.3 is 18.0 Å². The number of nitrogens with one attached hydrogen (secondary N) is 1. The first-order valence-electron chi connectivity index (χ1n) is 6.38. The Morgan fingerprint density at radius 3 is 2.63 bits per heavy atom. The van der Waals surface area contributed by atoms with Crippen molar-refractivity contribution in [2.45, 2.75) is 37.8 Å². The number of hydrogen-bond acceptors (Lipinski definition) is 4. The van der Waals surface area contributed by atoms with Crippen LogP contribution in [0.2, 0.25) is 0 Å². The molecule has 0 radical (unpaired) electrons. The van der Waals surface area contributed by atoms with Crippen molar-refractivity contribution in [2.75, 3.05) is 13.7 Å². The van der Waals surface area contributed by atoms with Crippen molar-refractivity contribution < 1.29 is 24.2 Å². The predicted octanol–water partition coefficient (Wildman–Crippen LogP) is 0.197. The molecule has 2 rings (SSSR count). The van der Waals surface area contributed by atoms with E-state index >= 15 is 0 Å². The van der Waals surface area contributed by atoms with Crippen LogP contribution in [0, 0.1) is 5.92 Å². The lowest BCUT2D eigenvalue weighted by Crippen LogP contribution is -2.50. The predicted molar refractivity (Wildman–Crippen MR) is 64.4 cm³/mol. The minimum Gasteiger partial charge on any atom is -0.480 e. The number of carboxylic acid groups (broad SMARTS) is 1. The number of rotatable bonds is 4. The number of hydrogen-bond donors (Lipinski definition) is 2. The third-order valence-corrected chi connectivity index (χ3v) is 3.86. The van der Waals surface area contributed by atoms with E-state index < -0.39 is 24.0 Å². The van der Waals surface area contributed by atoms with Crippen LogP contribution in [0.25, 0.3) is 0 Å². The Morgan fingerprint density at radius 1 is 1.42 bits per heavy atom. The number of nitrogens with zero attached hydrogens (tertiary/aromatic N) is 1. The molecule has 1 saturated carbocycles. The number of methoxy groups -OCH3 is 1. The molecule has 0 aromatic rings. The Morgan fingerprint density at radius 2 is 2.16 bits per heavy atom. The fourth-order valence-corrected chi connectivity index (χ4v) is 2.86. The summed E-state index contributed by atoms with van der Waals surface area (Å²) in [6, 6.07) is -1.42. The molecular formula is C12H18N2O5. The Hall–Kier alpha value is -1.79. The van der Waals surface area contributed by atoms with Crippen LogP contribution in [0.15, 0.2) is 0 Å². The monoisotopic (exact) mass is 270 g/mol. The average Bonchev–Trinajstić information content (AvgIpc) is 2.99. The van der Waals surface area contributed by atoms with Gasteiger partial charge in [-0.3, -0.25) is 4.79 Å². The molecule has 2 amide bonds. The van der Waals surface area contributed by atoms with Crippen LogP contribution in [0.5, 0.6) is 0 Å². The molecule has 3 atom stereocenters. The van der Waals surface area contributed by atoms with E-state index in [9.17, 15) is 14.4 Å². The van der Waals surface area contributed by atoms with Gasteiger partial charge in [0.1, 0.15) is 6.04 Å². The number of aliphatic carboxylic acids is 1. The first-order valence-corrected chi connectivity index (χ1v) is 6.38. The molecule has 2 N–H and O–H groups in total. The smallest absolute Gasteiger partial charge is 0.326 e. The van der Waals surface area contributed by atoms with Gasteiger partial charge in [-0.1, -0.05) is 0 Å². The fraction of sp³-hybridized carbons (Fsp3) is 0.750. The van der Waals surface area contributed by atoms with Gasteiger partial charge in [0.05, 0.1) is 13.5 Å². The zero-order valence-electron chi connectivity index (χ0n) is 10.8. The van der Waals surface area contributed by atoms with Gasteiger partial charge in [0.2, 0.25) is 0 Å². The summed E-state index contributed by atoms with van der Waals surface area (Å²) in [4.78, 5) is 35.8. The van der Waals surface area contributed by atoms with Crippen molar-refractivity contribution >= 4 is 18.0 Å². The Kier molecular flexibility index (Phi) is 3.92. The third kappa shape index (κ3) is 2.97. The molecule has 2 unspecified atom stereocenters. The second kappa shape index (κ2) is 5.46. The number of ether oxygens (including phenoxy) is 1. The molecule has 0 aromatic heterocycles. The van der Waals surface area contributed by atoms with Crippen LogP contribution < -0.4 is 5.32 Å². The number of amides is 2. The molecule has 1 aliphatic carbocycles. The first-order chi connectivity index (χ1) is 9.01. The van der Waals surface area contributed by atoms with Crippen LogP contribution in [-0.2, 0) is 14.3 Å². The zero-order valence-corrected chi connectivity index (χ0v) is 10.8. The van der Waals surface area contributed by atoms with Gasteiger partial charge in [0, 0.05) is 12.6 Å². The van der Waals surface area contributed by atoms with Crippen LogP contribution in [0.3, 0.4) is 0 Å². The highest BCUT2D eigenvalue weighted by Crippen LogP contribution is 2.37. The summed E-state index contributed by atoms with van der Waals surface area (Å²) in [6.45, 7) is 0.682. The summed E-state index contributed by atoms with van der Waals surface area (Å²) in [5.74, 6) is -1.35. The highest BCUT2D eigenvalue weighted by atomic mass is 16.5. The second-order valence-electron chi connectivity index (χ2n) is 5.11. The SMILES string of the molecule is COC(=O)C[C@H](NC(=O)N1CC2CCC1C2)C(=O)O. The van der Waals surface area contributed by atoms with E-state index in [-0.39, 0.29) is 12.5 Å². The van der Waals surface area contributed by atoms with Crippen LogP contribution in [0.4, 0.5) is 4.79 Å². The standard InChI is InChI=1S/C12H18N2O5/c1-19-10(15)5-9(11(16)17)13-12(18)14-6-7-2-3-8(14)4-7/h7-9H,2-6H2,1H3,(H,13,18)(H,16,17)/t7?,8?,9-/m0/s1. The van der Waals surface area contributed by atoms with Crippen LogP contribution in [0.1, 0.15) is 25.7 Å². The lowest BCUT2D eigenvalue weighted by Gasteiger charge is -2.28. The van der Waals surface area contributed by atoms with Crippen molar-refractivity contribution in [1.29, 1.82) is 0 Å². The number of fused-ring (bicyclic) bond motifs is 2. The summed E-state index contributed by atoms with van der Waals surface area (Å²) in [5.41, 5.74) is 0. The summed E-state index contributed by atoms with van der Waals surface area (Å²) < 4.78 is 4.42. The summed E-state index contributed by atoms with van der Waals surface area (Å²) >= 11 is 0. The molecule has 19 heavy (non-hydrogen) atoms. The molecule has 2 bridgehead atoms. The van der Waals surface area contributed by atoms with Crippen molar-refractivity contribution in [2.24, 2.45) is 5.92 Å². The molecule has 106 valence electrons. The van der Waals surface area contributed by atoms with E-state index in [1.54, 1.807) is 4.90 Å². The number of piperidine rings is 1. The molecule has 2 fully saturated rings. The van der Waals surface area contributed by atoms with Crippen molar-refractivity contribution in [3.63, 3.8) is 0 Å². The van der Waals surface area contributed by atoms with Crippen molar-refractivity contribution in [3.8, 4) is 0 Å². The molecule has 2 aliphatic rings. The third-order valence-electron chi connectivity index (χ3n) is 3.86. The highest BCUT2D eigenvalue weighted by Gasteiger charge is 2.41. The van der Waals surface area contributed by atoms with E-state index in [0.29, 0.717) is 12.5 Å². The van der Waals surface area contributed by atoms with E-state index in [1.165, 1.54) is 7.11 Å². The summed E-state index contributed by atoms with van der Waals surface area (Å²) in [7, 11) is 1.18. The zero-order chi connectivity index (χ0) is 14.0. The maximum Gasteiger partial charge on any atom is 0.326 e. The van der Waals surface area contributed by atoms with Crippen LogP contribution in [-0.4, -0.2) is 53.7 Å². The van der Waals surface area contributed by atoms with Gasteiger partial charge in [0.25, 0.3) is 0 Å². The van der Waals surface area contributed by atoms with Gasteiger partial charge in [-0.15, -0.1) is 0 Å². The number of carbonyl (C=O) groups excluding carboxylic acids is 2. The number of carboxylic acids is 1. The molecular weight excluding hydrogens is 252 g/mol. The normalized spacial score (nSPS) is 26.1. The van der Waals surface area contributed by atoms with Gasteiger partial charge in [-0.2, -0.15) is 0 Å². The Bertz CT molecular complexity index is 398. The molecule has 1 aliphatic heterocycles. The van der Waals surface area contributed by atoms with Crippen molar-refractivity contribution in [1.82, 2.24) is 10.2 Å². The van der Waals surface area contributed by atoms with E-state index in [4.69, 9.17) is 5.11 Å². The lowest BCUT2D eigenvalue weighted by molar-refractivity contribution is -0.147. The maximum atomic E-state index is 12.0. The molecule has 0 aromatic carbocycles. The van der Waals surface area contributed by atoms with Crippen LogP contribution >= 0.6 is 0 Å². The highest BCUT2D eigenvalue weighted by molar-refractivity contribution is 5.86. The van der Waals surface area contributed by atoms with Gasteiger partial charge < -0.3 is 20.1 Å². The van der Waals surface area contributed by atoms with Gasteiger partial charge in [-0.05, 0) is 25.2 Å². The van der Waals surface area contributed by atoms with E-state index in [2.05, 4.69) is 10.1 Å². The first kappa shape index (κ1) is 13.6. The molecule has 7 nitrogen and oxygen atoms in total. The molecule has 7 heteroatoms. The maximum absolute atomic E-state index is 12.0. The van der Waals surface area contributed by atoms with E-state index in [0.717, 1.165) is 19.3 Å². The minimum atomic E-state index is -1.24. The summed E-state index contributed by atoms with van der Waals surface area (Å²) in [6.07, 6.45) is 2.76. The van der Waals surface area contributed by atoms with Gasteiger partial charge in [-0.25, -0.2) is 9.59 Å². The quantitative estimate of drug-likeness (QED) is 0.711. The van der Waals surface area contributed by atoms with E-state index in [1.807, 2.05) is 0 Å². The minimum absolute atomic E-state index is 0.220. The summed E-state index contributed by atoms with van der Waals surface area (Å²) in [5, 5.41) is 11.4. The lowest BCUT2D eigenvalue weighted by atomic mass is 10.1. The van der Waals surface area contributed by atoms with Gasteiger partial charge in [0.15, 0.2) is 0 Å². The Balaban J connectivity index is 1.91. The number of urea groups is 1. The van der Waals surface area contributed by atoms with Crippen molar-refractivity contribution in [3.05, 3.63) is 0 Å². The number of carbonyl (C=O) groups is 3. The fourth-order valence-electron chi connectivity index (χ4n) is 2.86. The largest absolute Gasteiger partial charge is 0.480 e. The second-order valence-corrected chi connectivity index (χ2v) is 5.11. The Labute approximate surface area is 110 Å². The average molecular weight is 270 g/mol. The number of likely N-dealkylation sites (tertiary alicyclic amines) is 1.